The van der Waals surface area contributed by atoms with E-state index in [9.17, 15) is 4.79 Å². The highest BCUT2D eigenvalue weighted by Gasteiger charge is 2.19. The lowest BCUT2D eigenvalue weighted by Crippen LogP contribution is -2.13. The van der Waals surface area contributed by atoms with Gasteiger partial charge in [-0.2, -0.15) is 0 Å². The Kier molecular flexibility index (Phi) is 3.12. The number of nitrogen functional groups attached to an aromatic ring is 1. The number of hydrogen-bond donors (Lipinski definition) is 1. The molecule has 5 nitrogen and oxygen atoms in total. The summed E-state index contributed by atoms with van der Waals surface area (Å²) in [7, 11) is 0. The van der Waals surface area contributed by atoms with E-state index in [4.69, 9.17) is 10.5 Å². The maximum absolute atomic E-state index is 11.4. The first kappa shape index (κ1) is 11.0. The fraction of sp³-hybridized carbons (Fsp3) is 0.636. The van der Waals surface area contributed by atoms with E-state index in [-0.39, 0.29) is 12.4 Å². The van der Waals surface area contributed by atoms with Crippen molar-refractivity contribution in [2.24, 2.45) is 0 Å². The van der Waals surface area contributed by atoms with Crippen molar-refractivity contribution >= 4 is 11.8 Å². The number of esters is 1. The molecule has 1 aromatic rings. The zero-order chi connectivity index (χ0) is 11.5. The zero-order valence-corrected chi connectivity index (χ0v) is 9.53. The topological polar surface area (TPSA) is 70.1 Å². The summed E-state index contributed by atoms with van der Waals surface area (Å²) in [5.41, 5.74) is 6.62. The predicted molar refractivity (Wildman–Crippen MR) is 59.9 cm³/mol. The first-order valence-corrected chi connectivity index (χ1v) is 5.71. The SMILES string of the molecule is CCOC(=O)Cc1nc2n(c1N)CCCC2. The standard InChI is InChI=1S/C11H17N3O2/c1-2-16-10(15)7-8-11(12)14-6-4-3-5-9(14)13-8/h2-7,12H2,1H3. The first-order chi connectivity index (χ1) is 7.72. The van der Waals surface area contributed by atoms with Crippen LogP contribution < -0.4 is 5.73 Å². The normalized spacial score (nSPS) is 14.6. The van der Waals surface area contributed by atoms with Gasteiger partial charge < -0.3 is 15.0 Å². The van der Waals surface area contributed by atoms with E-state index in [0.29, 0.717) is 18.1 Å². The number of nitrogens with zero attached hydrogens (tertiary/aromatic N) is 2. The first-order valence-electron chi connectivity index (χ1n) is 5.71. The molecular weight excluding hydrogens is 206 g/mol. The average Bonchev–Trinajstić information content (AvgIpc) is 2.57. The molecular formula is C11H17N3O2. The molecule has 0 aliphatic carbocycles. The summed E-state index contributed by atoms with van der Waals surface area (Å²) in [6.07, 6.45) is 3.41. The van der Waals surface area contributed by atoms with Gasteiger partial charge in [-0.1, -0.05) is 0 Å². The third-order valence-corrected chi connectivity index (χ3v) is 2.81. The average molecular weight is 223 g/mol. The molecule has 0 aromatic carbocycles. The van der Waals surface area contributed by atoms with Crippen LogP contribution in [-0.4, -0.2) is 22.1 Å². The Morgan fingerprint density at radius 2 is 2.38 bits per heavy atom. The van der Waals surface area contributed by atoms with Gasteiger partial charge in [-0.15, -0.1) is 0 Å². The summed E-state index contributed by atoms with van der Waals surface area (Å²) in [5, 5.41) is 0. The molecule has 0 radical (unpaired) electrons. The van der Waals surface area contributed by atoms with Gasteiger partial charge in [0.05, 0.1) is 18.7 Å². The van der Waals surface area contributed by atoms with Crippen LogP contribution >= 0.6 is 0 Å². The maximum atomic E-state index is 11.4. The van der Waals surface area contributed by atoms with Gasteiger partial charge in [-0.05, 0) is 19.8 Å². The molecule has 2 heterocycles. The Balaban J connectivity index is 2.15. The largest absolute Gasteiger partial charge is 0.466 e. The molecule has 0 amide bonds. The molecule has 2 N–H and O–H groups in total. The van der Waals surface area contributed by atoms with Gasteiger partial charge >= 0.3 is 5.97 Å². The van der Waals surface area contributed by atoms with Crippen molar-refractivity contribution in [1.82, 2.24) is 9.55 Å². The molecule has 0 spiro atoms. The van der Waals surface area contributed by atoms with Crippen LogP contribution in [0, 0.1) is 0 Å². The van der Waals surface area contributed by atoms with Crippen LogP contribution in [0.25, 0.3) is 0 Å². The highest BCUT2D eigenvalue weighted by atomic mass is 16.5. The molecule has 1 aromatic heterocycles. The summed E-state index contributed by atoms with van der Waals surface area (Å²) in [4.78, 5) is 15.8. The Labute approximate surface area is 94.6 Å². The minimum atomic E-state index is -0.260. The van der Waals surface area contributed by atoms with Crippen molar-refractivity contribution in [2.45, 2.75) is 39.2 Å². The van der Waals surface area contributed by atoms with Crippen molar-refractivity contribution < 1.29 is 9.53 Å². The molecule has 0 atom stereocenters. The van der Waals surface area contributed by atoms with Crippen LogP contribution in [0.1, 0.15) is 31.3 Å². The molecule has 0 bridgehead atoms. The van der Waals surface area contributed by atoms with Crippen molar-refractivity contribution in [3.05, 3.63) is 11.5 Å². The smallest absolute Gasteiger partial charge is 0.312 e. The third kappa shape index (κ3) is 2.03. The second kappa shape index (κ2) is 4.55. The van der Waals surface area contributed by atoms with Gasteiger partial charge in [0.15, 0.2) is 0 Å². The van der Waals surface area contributed by atoms with Gasteiger partial charge in [0.25, 0.3) is 0 Å². The summed E-state index contributed by atoms with van der Waals surface area (Å²) >= 11 is 0. The molecule has 0 unspecified atom stereocenters. The Hall–Kier alpha value is -1.52. The van der Waals surface area contributed by atoms with E-state index >= 15 is 0 Å². The molecule has 5 heteroatoms. The van der Waals surface area contributed by atoms with Gasteiger partial charge in [-0.25, -0.2) is 4.98 Å². The molecule has 0 fully saturated rings. The van der Waals surface area contributed by atoms with Crippen LogP contribution in [0.4, 0.5) is 5.82 Å². The maximum Gasteiger partial charge on any atom is 0.312 e. The number of anilines is 1. The number of imidazole rings is 1. The quantitative estimate of drug-likeness (QED) is 0.773. The summed E-state index contributed by atoms with van der Waals surface area (Å²) in [6, 6.07) is 0. The second-order valence-corrected chi connectivity index (χ2v) is 3.95. The number of carbonyl (C=O) groups is 1. The number of aryl methyl sites for hydroxylation is 1. The number of aromatic nitrogens is 2. The summed E-state index contributed by atoms with van der Waals surface area (Å²) < 4.78 is 6.90. The van der Waals surface area contributed by atoms with Crippen molar-refractivity contribution in [3.8, 4) is 0 Å². The summed E-state index contributed by atoms with van der Waals surface area (Å²) in [5.74, 6) is 1.37. The van der Waals surface area contributed by atoms with Crippen LogP contribution in [0.15, 0.2) is 0 Å². The second-order valence-electron chi connectivity index (χ2n) is 3.95. The highest BCUT2D eigenvalue weighted by molar-refractivity contribution is 5.73. The fourth-order valence-electron chi connectivity index (χ4n) is 2.04. The predicted octanol–water partition coefficient (Wildman–Crippen LogP) is 0.907. The molecule has 0 saturated carbocycles. The highest BCUT2D eigenvalue weighted by Crippen LogP contribution is 2.21. The Morgan fingerprint density at radius 1 is 1.56 bits per heavy atom. The van der Waals surface area contributed by atoms with E-state index in [1.54, 1.807) is 6.92 Å². The number of carbonyl (C=O) groups excluding carboxylic acids is 1. The minimum Gasteiger partial charge on any atom is -0.466 e. The fourth-order valence-corrected chi connectivity index (χ4v) is 2.04. The molecule has 1 aliphatic heterocycles. The molecule has 88 valence electrons. The lowest BCUT2D eigenvalue weighted by atomic mass is 10.2. The number of fused-ring (bicyclic) bond motifs is 1. The Bertz CT molecular complexity index is 398. The Morgan fingerprint density at radius 3 is 3.06 bits per heavy atom. The van der Waals surface area contributed by atoms with Crippen molar-refractivity contribution in [1.29, 1.82) is 0 Å². The van der Waals surface area contributed by atoms with Gasteiger partial charge in [0, 0.05) is 13.0 Å². The molecule has 0 saturated heterocycles. The molecule has 16 heavy (non-hydrogen) atoms. The van der Waals surface area contributed by atoms with Crippen LogP contribution in [0.3, 0.4) is 0 Å². The summed E-state index contributed by atoms with van der Waals surface area (Å²) in [6.45, 7) is 3.10. The van der Waals surface area contributed by atoms with E-state index < -0.39 is 0 Å². The molecule has 2 rings (SSSR count). The van der Waals surface area contributed by atoms with Crippen molar-refractivity contribution in [2.75, 3.05) is 12.3 Å². The van der Waals surface area contributed by atoms with Crippen LogP contribution in [0.2, 0.25) is 0 Å². The van der Waals surface area contributed by atoms with Crippen molar-refractivity contribution in [3.63, 3.8) is 0 Å². The third-order valence-electron chi connectivity index (χ3n) is 2.81. The monoisotopic (exact) mass is 223 g/mol. The van der Waals surface area contributed by atoms with E-state index in [2.05, 4.69) is 4.98 Å². The lowest BCUT2D eigenvalue weighted by molar-refractivity contribution is -0.142. The minimum absolute atomic E-state index is 0.180. The molecule has 1 aliphatic rings. The number of hydrogen-bond acceptors (Lipinski definition) is 4. The number of rotatable bonds is 3. The van der Waals surface area contributed by atoms with E-state index in [1.807, 2.05) is 4.57 Å². The van der Waals surface area contributed by atoms with Gasteiger partial charge in [0.2, 0.25) is 0 Å². The van der Waals surface area contributed by atoms with Gasteiger partial charge in [-0.3, -0.25) is 4.79 Å². The van der Waals surface area contributed by atoms with Gasteiger partial charge in [0.1, 0.15) is 11.6 Å². The number of nitrogens with two attached hydrogens (primary N) is 1. The van der Waals surface area contributed by atoms with Crippen LogP contribution in [0.5, 0.6) is 0 Å². The van der Waals surface area contributed by atoms with Crippen LogP contribution in [-0.2, 0) is 28.9 Å². The van der Waals surface area contributed by atoms with E-state index in [0.717, 1.165) is 31.6 Å². The number of ether oxygens (including phenoxy) is 1. The lowest BCUT2D eigenvalue weighted by Gasteiger charge is -2.14. The zero-order valence-electron chi connectivity index (χ0n) is 9.53. The van der Waals surface area contributed by atoms with E-state index in [1.165, 1.54) is 0 Å².